The molecule has 0 aliphatic carbocycles. The number of hydrogen-bond acceptors (Lipinski definition) is 3. The van der Waals surface area contributed by atoms with Crippen molar-refractivity contribution in [2.45, 2.75) is 45.6 Å². The highest BCUT2D eigenvalue weighted by atomic mass is 16.6. The van der Waals surface area contributed by atoms with Crippen molar-refractivity contribution in [2.24, 2.45) is 5.92 Å². The van der Waals surface area contributed by atoms with Crippen LogP contribution in [0.15, 0.2) is 0 Å². The first-order valence-corrected chi connectivity index (χ1v) is 6.15. The minimum absolute atomic E-state index is 0.301. The van der Waals surface area contributed by atoms with E-state index in [9.17, 15) is 4.79 Å². The van der Waals surface area contributed by atoms with Crippen LogP contribution in [0.25, 0.3) is 0 Å². The molecule has 1 fully saturated rings. The Kier molecular flexibility index (Phi) is 5.06. The van der Waals surface area contributed by atoms with E-state index in [0.29, 0.717) is 5.92 Å². The van der Waals surface area contributed by atoms with Gasteiger partial charge in [0.15, 0.2) is 0 Å². The molecule has 0 aromatic heterocycles. The highest BCUT2D eigenvalue weighted by molar-refractivity contribution is 5.67. The summed E-state index contributed by atoms with van der Waals surface area (Å²) < 4.78 is 5.19. The van der Waals surface area contributed by atoms with Crippen LogP contribution in [0.4, 0.5) is 4.79 Å². The number of alkyl carbamates (subject to hydrolysis) is 1. The van der Waals surface area contributed by atoms with Crippen molar-refractivity contribution >= 4 is 6.09 Å². The first-order valence-electron chi connectivity index (χ1n) is 6.15. The molecule has 1 aliphatic heterocycles. The monoisotopic (exact) mass is 228 g/mol. The lowest BCUT2D eigenvalue weighted by atomic mass is 10.0. The van der Waals surface area contributed by atoms with Crippen LogP contribution in [-0.2, 0) is 4.74 Å². The average molecular weight is 228 g/mol. The van der Waals surface area contributed by atoms with Gasteiger partial charge in [0, 0.05) is 6.54 Å². The second-order valence-electron chi connectivity index (χ2n) is 5.43. The highest BCUT2D eigenvalue weighted by Gasteiger charge is 2.17. The van der Waals surface area contributed by atoms with E-state index in [2.05, 4.69) is 10.6 Å². The van der Waals surface area contributed by atoms with Gasteiger partial charge in [-0.3, -0.25) is 0 Å². The molecule has 4 heteroatoms. The Morgan fingerprint density at radius 1 is 1.38 bits per heavy atom. The standard InChI is InChI=1S/C12H24N2O2/c1-12(2,3)16-11(15)14-9-10-5-4-7-13-8-6-10/h10,13H,4-9H2,1-3H3,(H,14,15)/t10-/m0/s1. The van der Waals surface area contributed by atoms with Crippen molar-refractivity contribution < 1.29 is 9.53 Å². The number of amides is 1. The summed E-state index contributed by atoms with van der Waals surface area (Å²) in [5.74, 6) is 0.586. The van der Waals surface area contributed by atoms with E-state index in [1.807, 2.05) is 20.8 Å². The molecule has 4 nitrogen and oxygen atoms in total. The maximum atomic E-state index is 11.4. The summed E-state index contributed by atoms with van der Waals surface area (Å²) in [6, 6.07) is 0. The molecule has 1 atom stereocenters. The number of carbonyl (C=O) groups excluding carboxylic acids is 1. The molecular weight excluding hydrogens is 204 g/mol. The van der Waals surface area contributed by atoms with Gasteiger partial charge in [0.1, 0.15) is 5.60 Å². The van der Waals surface area contributed by atoms with E-state index < -0.39 is 5.60 Å². The lowest BCUT2D eigenvalue weighted by Gasteiger charge is -2.21. The lowest BCUT2D eigenvalue weighted by Crippen LogP contribution is -2.35. The third-order valence-electron chi connectivity index (χ3n) is 2.63. The van der Waals surface area contributed by atoms with E-state index >= 15 is 0 Å². The molecule has 0 bridgehead atoms. The Morgan fingerprint density at radius 3 is 2.81 bits per heavy atom. The van der Waals surface area contributed by atoms with Crippen molar-refractivity contribution in [3.8, 4) is 0 Å². The molecule has 2 N–H and O–H groups in total. The van der Waals surface area contributed by atoms with Crippen LogP contribution in [0.5, 0.6) is 0 Å². The first-order chi connectivity index (χ1) is 7.47. The molecular formula is C12H24N2O2. The summed E-state index contributed by atoms with van der Waals surface area (Å²) in [4.78, 5) is 11.4. The van der Waals surface area contributed by atoms with Crippen molar-refractivity contribution in [1.29, 1.82) is 0 Å². The average Bonchev–Trinajstić information content (AvgIpc) is 2.39. The van der Waals surface area contributed by atoms with Crippen molar-refractivity contribution in [2.75, 3.05) is 19.6 Å². The molecule has 1 saturated heterocycles. The van der Waals surface area contributed by atoms with Gasteiger partial charge in [-0.05, 0) is 59.0 Å². The predicted molar refractivity (Wildman–Crippen MR) is 64.4 cm³/mol. The summed E-state index contributed by atoms with van der Waals surface area (Å²) in [6.07, 6.45) is 3.21. The Hall–Kier alpha value is -0.770. The van der Waals surface area contributed by atoms with Gasteiger partial charge < -0.3 is 15.4 Å². The molecule has 0 aromatic rings. The zero-order valence-corrected chi connectivity index (χ0v) is 10.6. The van der Waals surface area contributed by atoms with E-state index in [1.165, 1.54) is 12.8 Å². The molecule has 1 amide bonds. The fourth-order valence-corrected chi connectivity index (χ4v) is 1.84. The van der Waals surface area contributed by atoms with Crippen molar-refractivity contribution in [3.63, 3.8) is 0 Å². The summed E-state index contributed by atoms with van der Waals surface area (Å²) in [7, 11) is 0. The van der Waals surface area contributed by atoms with Crippen LogP contribution in [0.3, 0.4) is 0 Å². The molecule has 0 aromatic carbocycles. The second-order valence-corrected chi connectivity index (χ2v) is 5.43. The van der Waals surface area contributed by atoms with Crippen LogP contribution < -0.4 is 10.6 Å². The fourth-order valence-electron chi connectivity index (χ4n) is 1.84. The van der Waals surface area contributed by atoms with Gasteiger partial charge in [0.25, 0.3) is 0 Å². The normalized spacial score (nSPS) is 22.3. The molecule has 1 heterocycles. The lowest BCUT2D eigenvalue weighted by molar-refractivity contribution is 0.0518. The number of rotatable bonds is 2. The highest BCUT2D eigenvalue weighted by Crippen LogP contribution is 2.12. The van der Waals surface area contributed by atoms with Crippen LogP contribution >= 0.6 is 0 Å². The number of carbonyl (C=O) groups is 1. The van der Waals surface area contributed by atoms with E-state index in [-0.39, 0.29) is 6.09 Å². The van der Waals surface area contributed by atoms with Gasteiger partial charge in [-0.15, -0.1) is 0 Å². The maximum absolute atomic E-state index is 11.4. The smallest absolute Gasteiger partial charge is 0.407 e. The largest absolute Gasteiger partial charge is 0.444 e. The van der Waals surface area contributed by atoms with E-state index in [0.717, 1.165) is 26.1 Å². The summed E-state index contributed by atoms with van der Waals surface area (Å²) in [5.41, 5.74) is -0.408. The Bertz CT molecular complexity index is 216. The summed E-state index contributed by atoms with van der Waals surface area (Å²) >= 11 is 0. The van der Waals surface area contributed by atoms with Gasteiger partial charge >= 0.3 is 6.09 Å². The van der Waals surface area contributed by atoms with Crippen molar-refractivity contribution in [1.82, 2.24) is 10.6 Å². The first kappa shape index (κ1) is 13.3. The number of hydrogen-bond donors (Lipinski definition) is 2. The minimum atomic E-state index is -0.408. The third-order valence-corrected chi connectivity index (χ3v) is 2.63. The maximum Gasteiger partial charge on any atom is 0.407 e. The number of nitrogens with one attached hydrogen (secondary N) is 2. The number of ether oxygens (including phenoxy) is 1. The minimum Gasteiger partial charge on any atom is -0.444 e. The zero-order chi connectivity index (χ0) is 12.0. The quantitative estimate of drug-likeness (QED) is 0.759. The SMILES string of the molecule is CC(C)(C)OC(=O)NC[C@H]1CCCNCC1. The molecule has 0 saturated carbocycles. The molecule has 94 valence electrons. The Balaban J connectivity index is 2.20. The van der Waals surface area contributed by atoms with Crippen molar-refractivity contribution in [3.05, 3.63) is 0 Å². The predicted octanol–water partition coefficient (Wildman–Crippen LogP) is 1.90. The van der Waals surface area contributed by atoms with Gasteiger partial charge in [-0.1, -0.05) is 0 Å². The van der Waals surface area contributed by atoms with E-state index in [4.69, 9.17) is 4.74 Å². The Morgan fingerprint density at radius 2 is 2.12 bits per heavy atom. The molecule has 1 rings (SSSR count). The summed E-state index contributed by atoms with van der Waals surface area (Å²) in [5, 5.41) is 6.21. The molecule has 0 unspecified atom stereocenters. The van der Waals surface area contributed by atoms with Gasteiger partial charge in [0.05, 0.1) is 0 Å². The molecule has 0 radical (unpaired) electrons. The van der Waals surface area contributed by atoms with Gasteiger partial charge in [0.2, 0.25) is 0 Å². The van der Waals surface area contributed by atoms with Crippen LogP contribution in [0.1, 0.15) is 40.0 Å². The topological polar surface area (TPSA) is 50.4 Å². The van der Waals surface area contributed by atoms with Gasteiger partial charge in [-0.2, -0.15) is 0 Å². The van der Waals surface area contributed by atoms with E-state index in [1.54, 1.807) is 0 Å². The molecule has 16 heavy (non-hydrogen) atoms. The fraction of sp³-hybridized carbons (Fsp3) is 0.917. The van der Waals surface area contributed by atoms with Crippen LogP contribution in [0.2, 0.25) is 0 Å². The zero-order valence-electron chi connectivity index (χ0n) is 10.6. The third kappa shape index (κ3) is 5.95. The second kappa shape index (κ2) is 6.09. The summed E-state index contributed by atoms with van der Waals surface area (Å²) in [6.45, 7) is 8.52. The Labute approximate surface area is 98.1 Å². The van der Waals surface area contributed by atoms with Crippen LogP contribution in [-0.4, -0.2) is 31.3 Å². The molecule has 0 spiro atoms. The molecule has 1 aliphatic rings. The van der Waals surface area contributed by atoms with Crippen LogP contribution in [0, 0.1) is 5.92 Å². The van der Waals surface area contributed by atoms with Gasteiger partial charge in [-0.25, -0.2) is 4.79 Å².